The van der Waals surface area contributed by atoms with Gasteiger partial charge in [-0.25, -0.2) is 8.42 Å². The molecule has 0 radical (unpaired) electrons. The van der Waals surface area contributed by atoms with Crippen LogP contribution in [0.15, 0.2) is 83.9 Å². The third-order valence-electron chi connectivity index (χ3n) is 4.81. The van der Waals surface area contributed by atoms with Crippen LogP contribution in [0.1, 0.15) is 0 Å². The first-order valence-electron chi connectivity index (χ1n) is 8.81. The molecule has 1 aromatic heterocycles. The summed E-state index contributed by atoms with van der Waals surface area (Å²) in [6, 6.07) is 21.9. The monoisotopic (exact) mass is 392 g/mol. The first kappa shape index (κ1) is 18.1. The number of hydrogen-bond donors (Lipinski definition) is 1. The van der Waals surface area contributed by atoms with Gasteiger partial charge in [0.05, 0.1) is 17.7 Å². The van der Waals surface area contributed by atoms with Crippen LogP contribution < -0.4 is 9.04 Å². The number of fused-ring (bicyclic) bond motifs is 1. The molecule has 1 N–H and O–H groups in total. The minimum absolute atomic E-state index is 0.236. The molecule has 0 aliphatic carbocycles. The summed E-state index contributed by atoms with van der Waals surface area (Å²) in [6.07, 6.45) is 1.80. The quantitative estimate of drug-likeness (QED) is 0.537. The van der Waals surface area contributed by atoms with E-state index in [1.807, 2.05) is 54.6 Å². The van der Waals surface area contributed by atoms with Crippen molar-refractivity contribution in [2.75, 3.05) is 18.5 Å². The number of anilines is 1. The molecule has 1 heterocycles. The number of aromatic amines is 1. The highest BCUT2D eigenvalue weighted by Crippen LogP contribution is 2.40. The minimum Gasteiger partial charge on any atom is -0.495 e. The Labute approximate surface area is 164 Å². The molecule has 0 spiro atoms. The second-order valence-electron chi connectivity index (χ2n) is 6.39. The van der Waals surface area contributed by atoms with E-state index < -0.39 is 10.0 Å². The van der Waals surface area contributed by atoms with Gasteiger partial charge in [-0.2, -0.15) is 0 Å². The number of aromatic nitrogens is 1. The predicted molar refractivity (Wildman–Crippen MR) is 112 cm³/mol. The molecule has 0 aliphatic heterocycles. The summed E-state index contributed by atoms with van der Waals surface area (Å²) >= 11 is 0. The lowest BCUT2D eigenvalue weighted by molar-refractivity contribution is 0.421. The fourth-order valence-electron chi connectivity index (χ4n) is 3.37. The van der Waals surface area contributed by atoms with Crippen LogP contribution in [0.4, 0.5) is 5.69 Å². The smallest absolute Gasteiger partial charge is 0.264 e. The number of hydrogen-bond acceptors (Lipinski definition) is 3. The molecule has 0 aliphatic rings. The van der Waals surface area contributed by atoms with Crippen molar-refractivity contribution in [3.63, 3.8) is 0 Å². The van der Waals surface area contributed by atoms with E-state index in [0.29, 0.717) is 22.4 Å². The number of para-hydroxylation sites is 1. The average molecular weight is 392 g/mol. The Hall–Kier alpha value is -3.25. The van der Waals surface area contributed by atoms with E-state index in [1.54, 1.807) is 38.6 Å². The van der Waals surface area contributed by atoms with Gasteiger partial charge in [-0.1, -0.05) is 42.5 Å². The van der Waals surface area contributed by atoms with Crippen LogP contribution in [0, 0.1) is 0 Å². The third-order valence-corrected chi connectivity index (χ3v) is 6.63. The van der Waals surface area contributed by atoms with Gasteiger partial charge in [-0.15, -0.1) is 0 Å². The number of H-pyrrole nitrogens is 1. The van der Waals surface area contributed by atoms with E-state index in [-0.39, 0.29) is 4.90 Å². The molecule has 0 amide bonds. The summed E-state index contributed by atoms with van der Waals surface area (Å²) in [4.78, 5) is 3.38. The molecular formula is C22H20N2O3S. The van der Waals surface area contributed by atoms with Gasteiger partial charge >= 0.3 is 0 Å². The summed E-state index contributed by atoms with van der Waals surface area (Å²) < 4.78 is 34.1. The summed E-state index contributed by atoms with van der Waals surface area (Å²) in [5, 5.41) is 1.37. The second-order valence-corrected chi connectivity index (χ2v) is 8.33. The predicted octanol–water partition coefficient (Wildman–Crippen LogP) is 4.67. The van der Waals surface area contributed by atoms with Crippen molar-refractivity contribution in [1.29, 1.82) is 0 Å². The van der Waals surface area contributed by atoms with Crippen LogP contribution >= 0.6 is 0 Å². The number of benzene rings is 3. The zero-order valence-electron chi connectivity index (χ0n) is 15.6. The zero-order chi connectivity index (χ0) is 19.7. The van der Waals surface area contributed by atoms with Crippen molar-refractivity contribution in [2.24, 2.45) is 0 Å². The van der Waals surface area contributed by atoms with Crippen LogP contribution in [-0.2, 0) is 10.0 Å². The number of ether oxygens (including phenoxy) is 1. The SMILES string of the molecule is COc1c(-c2ccc[nH]2)cc(S(=O)(=O)N(C)c2ccccc2)c2ccccc12. The molecule has 6 heteroatoms. The van der Waals surface area contributed by atoms with Gasteiger partial charge in [0.15, 0.2) is 0 Å². The van der Waals surface area contributed by atoms with Crippen molar-refractivity contribution in [3.05, 3.63) is 79.0 Å². The molecule has 0 fully saturated rings. The van der Waals surface area contributed by atoms with Crippen molar-refractivity contribution in [2.45, 2.75) is 4.90 Å². The molecule has 4 aromatic rings. The molecule has 0 atom stereocenters. The Morgan fingerprint density at radius 2 is 1.57 bits per heavy atom. The fraction of sp³-hybridized carbons (Fsp3) is 0.0909. The first-order chi connectivity index (χ1) is 13.5. The Bertz CT molecular complexity index is 1220. The van der Waals surface area contributed by atoms with E-state index in [9.17, 15) is 8.42 Å². The largest absolute Gasteiger partial charge is 0.495 e. The third kappa shape index (κ3) is 2.92. The maximum absolute atomic E-state index is 13.5. The first-order valence-corrected chi connectivity index (χ1v) is 10.3. The molecule has 3 aromatic carbocycles. The normalized spacial score (nSPS) is 11.5. The number of methoxy groups -OCH3 is 1. The lowest BCUT2D eigenvalue weighted by atomic mass is 10.0. The Morgan fingerprint density at radius 3 is 2.21 bits per heavy atom. The highest BCUT2D eigenvalue weighted by Gasteiger charge is 2.27. The molecular weight excluding hydrogens is 372 g/mol. The topological polar surface area (TPSA) is 62.4 Å². The van der Waals surface area contributed by atoms with Crippen LogP contribution in [0.3, 0.4) is 0 Å². The van der Waals surface area contributed by atoms with E-state index >= 15 is 0 Å². The standard InChI is InChI=1S/C22H20N2O3S/c1-24(16-9-4-3-5-10-16)28(25,26)21-15-19(20-13-8-14-23-20)22(27-2)18-12-7-6-11-17(18)21/h3-15,23H,1-2H3. The lowest BCUT2D eigenvalue weighted by Crippen LogP contribution is -2.26. The maximum Gasteiger partial charge on any atom is 0.264 e. The average Bonchev–Trinajstić information content (AvgIpc) is 3.27. The Balaban J connectivity index is 2.02. The van der Waals surface area contributed by atoms with Crippen LogP contribution in [0.2, 0.25) is 0 Å². The number of nitrogens with zero attached hydrogens (tertiary/aromatic N) is 1. The Kier molecular flexibility index (Phi) is 4.57. The highest BCUT2D eigenvalue weighted by atomic mass is 32.2. The van der Waals surface area contributed by atoms with E-state index in [1.165, 1.54) is 4.31 Å². The van der Waals surface area contributed by atoms with Crippen LogP contribution in [-0.4, -0.2) is 27.6 Å². The minimum atomic E-state index is -3.79. The van der Waals surface area contributed by atoms with Gasteiger partial charge < -0.3 is 9.72 Å². The number of rotatable bonds is 5. The van der Waals surface area contributed by atoms with Crippen molar-refractivity contribution in [3.8, 4) is 17.0 Å². The van der Waals surface area contributed by atoms with Crippen LogP contribution in [0.25, 0.3) is 22.0 Å². The van der Waals surface area contributed by atoms with E-state index in [4.69, 9.17) is 4.74 Å². The summed E-state index contributed by atoms with van der Waals surface area (Å²) in [5.41, 5.74) is 2.09. The lowest BCUT2D eigenvalue weighted by Gasteiger charge is -2.22. The molecule has 0 saturated carbocycles. The Morgan fingerprint density at radius 1 is 0.893 bits per heavy atom. The molecule has 142 valence electrons. The summed E-state index contributed by atoms with van der Waals surface area (Å²) in [5.74, 6) is 0.638. The van der Waals surface area contributed by atoms with Crippen molar-refractivity contribution in [1.82, 2.24) is 4.98 Å². The fourth-order valence-corrected chi connectivity index (χ4v) is 4.79. The summed E-state index contributed by atoms with van der Waals surface area (Å²) in [7, 11) is -0.630. The van der Waals surface area contributed by atoms with Gasteiger partial charge in [0.2, 0.25) is 0 Å². The molecule has 4 rings (SSSR count). The molecule has 0 saturated heterocycles. The van der Waals surface area contributed by atoms with E-state index in [0.717, 1.165) is 11.1 Å². The van der Waals surface area contributed by atoms with Gasteiger partial charge in [0.25, 0.3) is 10.0 Å². The van der Waals surface area contributed by atoms with Gasteiger partial charge in [-0.05, 0) is 30.3 Å². The second kappa shape index (κ2) is 7.05. The number of sulfonamides is 1. The molecule has 28 heavy (non-hydrogen) atoms. The van der Waals surface area contributed by atoms with E-state index in [2.05, 4.69) is 4.98 Å². The van der Waals surface area contributed by atoms with Crippen molar-refractivity contribution < 1.29 is 13.2 Å². The van der Waals surface area contributed by atoms with Gasteiger partial charge in [0.1, 0.15) is 5.75 Å². The van der Waals surface area contributed by atoms with Crippen LogP contribution in [0.5, 0.6) is 5.75 Å². The van der Waals surface area contributed by atoms with Crippen molar-refractivity contribution >= 4 is 26.5 Å². The molecule has 5 nitrogen and oxygen atoms in total. The number of nitrogens with one attached hydrogen (secondary N) is 1. The maximum atomic E-state index is 13.5. The van der Waals surface area contributed by atoms with Gasteiger partial charge in [0, 0.05) is 35.3 Å². The summed E-state index contributed by atoms with van der Waals surface area (Å²) in [6.45, 7) is 0. The molecule has 0 bridgehead atoms. The van der Waals surface area contributed by atoms with Gasteiger partial charge in [-0.3, -0.25) is 4.31 Å². The zero-order valence-corrected chi connectivity index (χ0v) is 16.4. The highest BCUT2D eigenvalue weighted by molar-refractivity contribution is 7.93. The molecule has 0 unspecified atom stereocenters.